The first-order valence-electron chi connectivity index (χ1n) is 12.0. The molecule has 1 fully saturated rings. The molecule has 36 heavy (non-hydrogen) atoms. The van der Waals surface area contributed by atoms with Gasteiger partial charge in [0.2, 0.25) is 0 Å². The van der Waals surface area contributed by atoms with Gasteiger partial charge in [-0.1, -0.05) is 48.5 Å². The number of hydrogen-bond acceptors (Lipinski definition) is 6. The molecule has 7 heteroatoms. The third-order valence-corrected chi connectivity index (χ3v) is 6.58. The number of benzene rings is 3. The smallest absolute Gasteiger partial charge is 0.152 e. The van der Waals surface area contributed by atoms with E-state index in [1.54, 1.807) is 6.07 Å². The Morgan fingerprint density at radius 1 is 1.03 bits per heavy atom. The summed E-state index contributed by atoms with van der Waals surface area (Å²) in [5, 5.41) is 17.0. The molecule has 1 saturated heterocycles. The van der Waals surface area contributed by atoms with Crippen LogP contribution in [0.1, 0.15) is 39.6 Å². The van der Waals surface area contributed by atoms with Crippen LogP contribution in [0.25, 0.3) is 10.8 Å². The second kappa shape index (κ2) is 12.1. The molecule has 3 aromatic carbocycles. The van der Waals surface area contributed by atoms with Crippen LogP contribution in [0.3, 0.4) is 0 Å². The fourth-order valence-electron chi connectivity index (χ4n) is 4.72. The van der Waals surface area contributed by atoms with E-state index in [1.165, 1.54) is 28.2 Å². The molecule has 0 aliphatic carbocycles. The van der Waals surface area contributed by atoms with Crippen LogP contribution in [-0.4, -0.2) is 31.8 Å². The lowest BCUT2D eigenvalue weighted by Crippen LogP contribution is -2.40. The number of carboxylic acid groups (broad SMARTS) is 1. The number of fused-ring (bicyclic) bond motifs is 1. The van der Waals surface area contributed by atoms with Crippen LogP contribution in [0.2, 0.25) is 0 Å². The monoisotopic (exact) mass is 506 g/mol. The zero-order valence-electron chi connectivity index (χ0n) is 19.9. The van der Waals surface area contributed by atoms with Crippen molar-refractivity contribution in [1.29, 1.82) is 0 Å². The molecule has 0 amide bonds. The predicted molar refractivity (Wildman–Crippen MR) is 139 cm³/mol. The molecule has 6 nitrogen and oxygen atoms in total. The number of carbonyl (C=O) groups excluding carboxylic acids is 1. The standard InChI is InChI=1S/C29H29NO5.ClH/c31-29(32)28-23(13-16-34-28)12-15-33-25-9-7-22(8-10-25)26-11-14-30-18-27(26)35-19-20-5-6-21-3-1-2-4-24(21)17-20;/h1-10,13,16-17,26-27,30H,11-12,14-15,18-19H2,(H,31,32);1H/p-1. The van der Waals surface area contributed by atoms with E-state index in [-0.39, 0.29) is 24.3 Å². The van der Waals surface area contributed by atoms with E-state index in [1.807, 2.05) is 12.1 Å². The molecule has 4 aromatic rings. The van der Waals surface area contributed by atoms with Crippen LogP contribution in [-0.2, 0) is 17.8 Å². The molecule has 2 heterocycles. The first-order valence-corrected chi connectivity index (χ1v) is 12.0. The molecule has 1 aromatic heterocycles. The first kappa shape index (κ1) is 25.8. The summed E-state index contributed by atoms with van der Waals surface area (Å²) in [6.45, 7) is 2.72. The number of carboxylic acids is 1. The predicted octanol–water partition coefficient (Wildman–Crippen LogP) is 4.50. The zero-order chi connectivity index (χ0) is 24.0. The molecule has 0 saturated carbocycles. The molecule has 5 rings (SSSR count). The van der Waals surface area contributed by atoms with Crippen LogP contribution in [0.15, 0.2) is 83.5 Å². The molecule has 2 unspecified atom stereocenters. The molecule has 2 atom stereocenters. The van der Waals surface area contributed by atoms with E-state index >= 15 is 0 Å². The van der Waals surface area contributed by atoms with Gasteiger partial charge in [-0.3, -0.25) is 0 Å². The van der Waals surface area contributed by atoms with E-state index in [4.69, 9.17) is 13.9 Å². The van der Waals surface area contributed by atoms with Crippen molar-refractivity contribution >= 4 is 29.1 Å². The highest BCUT2D eigenvalue weighted by atomic mass is 35.5. The zero-order valence-corrected chi connectivity index (χ0v) is 20.7. The van der Waals surface area contributed by atoms with E-state index in [9.17, 15) is 9.90 Å². The van der Waals surface area contributed by atoms with Gasteiger partial charge in [0.1, 0.15) is 11.7 Å². The second-order valence-corrected chi connectivity index (χ2v) is 8.86. The Bertz CT molecular complexity index is 1290. The van der Waals surface area contributed by atoms with E-state index in [0.717, 1.165) is 25.3 Å². The Hall–Kier alpha value is -3.32. The minimum atomic E-state index is -1.31. The Morgan fingerprint density at radius 3 is 2.64 bits per heavy atom. The molecule has 1 aliphatic rings. The van der Waals surface area contributed by atoms with Crippen molar-refractivity contribution in [2.24, 2.45) is 0 Å². The number of halogens is 1. The highest BCUT2D eigenvalue weighted by molar-refractivity contribution is 5.85. The van der Waals surface area contributed by atoms with Crippen molar-refractivity contribution < 1.29 is 23.8 Å². The lowest BCUT2D eigenvalue weighted by atomic mass is 9.87. The topological polar surface area (TPSA) is 83.8 Å². The molecular weight excluding hydrogens is 478 g/mol. The lowest BCUT2D eigenvalue weighted by Gasteiger charge is -2.32. The maximum absolute atomic E-state index is 11.0. The van der Waals surface area contributed by atoms with Gasteiger partial charge in [0.25, 0.3) is 0 Å². The first-order chi connectivity index (χ1) is 17.2. The van der Waals surface area contributed by atoms with E-state index < -0.39 is 5.97 Å². The molecule has 0 spiro atoms. The summed E-state index contributed by atoms with van der Waals surface area (Å²) in [6, 6.07) is 24.6. The molecule has 188 valence electrons. The van der Waals surface area contributed by atoms with Gasteiger partial charge in [-0.15, -0.1) is 12.4 Å². The maximum Gasteiger partial charge on any atom is 0.152 e. The van der Waals surface area contributed by atoms with E-state index in [0.29, 0.717) is 31.1 Å². The minimum absolute atomic E-state index is 0. The quantitative estimate of drug-likeness (QED) is 0.360. The summed E-state index contributed by atoms with van der Waals surface area (Å²) in [5.74, 6) is -0.393. The summed E-state index contributed by atoms with van der Waals surface area (Å²) < 4.78 is 17.2. The van der Waals surface area contributed by atoms with Crippen molar-refractivity contribution in [3.63, 3.8) is 0 Å². The van der Waals surface area contributed by atoms with Crippen LogP contribution in [0, 0.1) is 0 Å². The number of hydrogen-bond donors (Lipinski definition) is 1. The summed E-state index contributed by atoms with van der Waals surface area (Å²) in [5.41, 5.74) is 2.98. The van der Waals surface area contributed by atoms with Gasteiger partial charge in [0.05, 0.1) is 25.6 Å². The average molecular weight is 507 g/mol. The van der Waals surface area contributed by atoms with Crippen molar-refractivity contribution in [3.05, 3.63) is 102 Å². The van der Waals surface area contributed by atoms with Crippen molar-refractivity contribution in [1.82, 2.24) is 5.32 Å². The van der Waals surface area contributed by atoms with Gasteiger partial charge in [-0.05, 0) is 59.1 Å². The number of aromatic carboxylic acids is 1. The fourth-order valence-corrected chi connectivity index (χ4v) is 4.72. The highest BCUT2D eigenvalue weighted by Gasteiger charge is 2.27. The highest BCUT2D eigenvalue weighted by Crippen LogP contribution is 2.30. The van der Waals surface area contributed by atoms with Crippen LogP contribution < -0.4 is 15.2 Å². The minimum Gasteiger partial charge on any atom is -0.542 e. The van der Waals surface area contributed by atoms with Crippen molar-refractivity contribution in [3.8, 4) is 5.75 Å². The summed E-state index contributed by atoms with van der Waals surface area (Å²) in [7, 11) is 0. The Morgan fingerprint density at radius 2 is 1.83 bits per heavy atom. The van der Waals surface area contributed by atoms with E-state index in [2.05, 4.69) is 59.9 Å². The third kappa shape index (κ3) is 6.08. The number of rotatable bonds is 9. The molecule has 1 aliphatic heterocycles. The number of piperidine rings is 1. The normalized spacial score (nSPS) is 17.4. The average Bonchev–Trinajstić information content (AvgIpc) is 3.37. The number of ether oxygens (including phenoxy) is 2. The van der Waals surface area contributed by atoms with Gasteiger partial charge >= 0.3 is 0 Å². The number of nitrogens with one attached hydrogen (secondary N) is 1. The number of furan rings is 1. The SMILES string of the molecule is Cl.O=C([O-])c1occc1CCOc1ccc(C2CCNCC2OCc2ccc3ccccc3c2)cc1. The van der Waals surface area contributed by atoms with Gasteiger partial charge in [0.15, 0.2) is 5.76 Å². The lowest BCUT2D eigenvalue weighted by molar-refractivity contribution is -0.257. The second-order valence-electron chi connectivity index (χ2n) is 8.86. The maximum atomic E-state index is 11.0. The summed E-state index contributed by atoms with van der Waals surface area (Å²) in [6.07, 6.45) is 2.88. The third-order valence-electron chi connectivity index (χ3n) is 6.58. The Labute approximate surface area is 216 Å². The molecular formula is C29H29ClNO5-. The summed E-state index contributed by atoms with van der Waals surface area (Å²) >= 11 is 0. The van der Waals surface area contributed by atoms with Crippen molar-refractivity contribution in [2.45, 2.75) is 31.5 Å². The van der Waals surface area contributed by atoms with Gasteiger partial charge in [0, 0.05) is 24.4 Å². The Balaban J connectivity index is 0.00000304. The van der Waals surface area contributed by atoms with Crippen LogP contribution in [0.5, 0.6) is 5.75 Å². The number of carbonyl (C=O) groups is 1. The molecule has 1 N–H and O–H groups in total. The van der Waals surface area contributed by atoms with Crippen LogP contribution >= 0.6 is 12.4 Å². The van der Waals surface area contributed by atoms with Gasteiger partial charge in [-0.2, -0.15) is 0 Å². The summed E-state index contributed by atoms with van der Waals surface area (Å²) in [4.78, 5) is 11.0. The molecule has 0 radical (unpaired) electrons. The molecule has 0 bridgehead atoms. The largest absolute Gasteiger partial charge is 0.542 e. The van der Waals surface area contributed by atoms with Gasteiger partial charge in [-0.25, -0.2) is 0 Å². The van der Waals surface area contributed by atoms with Gasteiger partial charge < -0.3 is 29.1 Å². The fraction of sp³-hybridized carbons (Fsp3) is 0.276. The van der Waals surface area contributed by atoms with Crippen LogP contribution in [0.4, 0.5) is 0 Å². The van der Waals surface area contributed by atoms with Crippen molar-refractivity contribution in [2.75, 3.05) is 19.7 Å². The Kier molecular flexibility index (Phi) is 8.65.